The highest BCUT2D eigenvalue weighted by Crippen LogP contribution is 2.20. The van der Waals surface area contributed by atoms with Crippen LogP contribution in [0.1, 0.15) is 68.4 Å². The van der Waals surface area contributed by atoms with Crippen LogP contribution >= 0.6 is 0 Å². The first-order chi connectivity index (χ1) is 10.1. The molecule has 1 aromatic heterocycles. The number of carbonyl (C=O) groups excluding carboxylic acids is 1. The SMILES string of the molecule is CCC(C)C(N)c1nc(C(=O)NCCCCCCN)co1. The summed E-state index contributed by atoms with van der Waals surface area (Å²) < 4.78 is 5.32. The van der Waals surface area contributed by atoms with Crippen LogP contribution in [0.15, 0.2) is 10.7 Å². The van der Waals surface area contributed by atoms with Crippen molar-refractivity contribution in [2.75, 3.05) is 13.1 Å². The van der Waals surface area contributed by atoms with Gasteiger partial charge in [0.05, 0.1) is 6.04 Å². The number of carbonyl (C=O) groups is 1. The summed E-state index contributed by atoms with van der Waals surface area (Å²) in [5.74, 6) is 0.486. The van der Waals surface area contributed by atoms with Gasteiger partial charge in [-0.2, -0.15) is 0 Å². The average Bonchev–Trinajstić information content (AvgIpc) is 2.98. The summed E-state index contributed by atoms with van der Waals surface area (Å²) in [6.45, 7) is 5.47. The van der Waals surface area contributed by atoms with Crippen molar-refractivity contribution in [2.45, 2.75) is 52.0 Å². The lowest BCUT2D eigenvalue weighted by atomic mass is 10.0. The number of hydrogen-bond donors (Lipinski definition) is 3. The minimum Gasteiger partial charge on any atom is -0.446 e. The van der Waals surface area contributed by atoms with Crippen LogP contribution < -0.4 is 16.8 Å². The molecule has 0 spiro atoms. The van der Waals surface area contributed by atoms with E-state index in [1.807, 2.05) is 6.92 Å². The lowest BCUT2D eigenvalue weighted by Gasteiger charge is -2.13. The van der Waals surface area contributed by atoms with Gasteiger partial charge in [-0.1, -0.05) is 33.1 Å². The number of nitrogens with two attached hydrogens (primary N) is 2. The van der Waals surface area contributed by atoms with Gasteiger partial charge >= 0.3 is 0 Å². The average molecular weight is 296 g/mol. The Labute approximate surface area is 126 Å². The highest BCUT2D eigenvalue weighted by molar-refractivity contribution is 5.91. The van der Waals surface area contributed by atoms with Crippen molar-refractivity contribution in [2.24, 2.45) is 17.4 Å². The molecule has 1 aromatic rings. The van der Waals surface area contributed by atoms with Crippen molar-refractivity contribution in [3.05, 3.63) is 17.8 Å². The second-order valence-corrected chi connectivity index (χ2v) is 5.44. The minimum absolute atomic E-state index is 0.208. The van der Waals surface area contributed by atoms with E-state index >= 15 is 0 Å². The van der Waals surface area contributed by atoms with E-state index in [0.717, 1.165) is 38.6 Å². The molecule has 1 rings (SSSR count). The summed E-state index contributed by atoms with van der Waals surface area (Å²) in [4.78, 5) is 16.1. The summed E-state index contributed by atoms with van der Waals surface area (Å²) in [6.07, 6.45) is 6.47. The molecular weight excluding hydrogens is 268 g/mol. The van der Waals surface area contributed by atoms with Crippen LogP contribution in [0, 0.1) is 5.92 Å². The number of aromatic nitrogens is 1. The zero-order valence-electron chi connectivity index (χ0n) is 13.1. The lowest BCUT2D eigenvalue weighted by molar-refractivity contribution is 0.0948. The molecule has 1 amide bonds. The van der Waals surface area contributed by atoms with E-state index < -0.39 is 0 Å². The van der Waals surface area contributed by atoms with Gasteiger partial charge in [-0.3, -0.25) is 4.79 Å². The van der Waals surface area contributed by atoms with Gasteiger partial charge in [-0.25, -0.2) is 4.98 Å². The number of oxazole rings is 1. The van der Waals surface area contributed by atoms with E-state index in [0.29, 0.717) is 18.1 Å². The number of nitrogens with one attached hydrogen (secondary N) is 1. The molecule has 0 fully saturated rings. The van der Waals surface area contributed by atoms with Crippen molar-refractivity contribution < 1.29 is 9.21 Å². The Balaban J connectivity index is 2.36. The molecule has 120 valence electrons. The number of unbranched alkanes of at least 4 members (excludes halogenated alkanes) is 3. The molecule has 0 saturated heterocycles. The quantitative estimate of drug-likeness (QED) is 0.572. The first-order valence-electron chi connectivity index (χ1n) is 7.79. The smallest absolute Gasteiger partial charge is 0.273 e. The van der Waals surface area contributed by atoms with Crippen LogP contribution in [0.2, 0.25) is 0 Å². The van der Waals surface area contributed by atoms with Gasteiger partial charge in [0.1, 0.15) is 6.26 Å². The lowest BCUT2D eigenvalue weighted by Crippen LogP contribution is -2.25. The van der Waals surface area contributed by atoms with Crippen molar-refractivity contribution in [3.8, 4) is 0 Å². The highest BCUT2D eigenvalue weighted by atomic mass is 16.3. The normalized spacial score (nSPS) is 13.9. The third-order valence-electron chi connectivity index (χ3n) is 3.71. The summed E-state index contributed by atoms with van der Waals surface area (Å²) in [7, 11) is 0. The van der Waals surface area contributed by atoms with E-state index in [1.165, 1.54) is 6.26 Å². The van der Waals surface area contributed by atoms with Gasteiger partial charge in [0.25, 0.3) is 5.91 Å². The molecule has 21 heavy (non-hydrogen) atoms. The van der Waals surface area contributed by atoms with E-state index in [4.69, 9.17) is 15.9 Å². The maximum atomic E-state index is 11.9. The van der Waals surface area contributed by atoms with Gasteiger partial charge < -0.3 is 21.2 Å². The van der Waals surface area contributed by atoms with Crippen LogP contribution in [-0.2, 0) is 0 Å². The van der Waals surface area contributed by atoms with Crippen LogP contribution in [0.5, 0.6) is 0 Å². The van der Waals surface area contributed by atoms with Crippen LogP contribution in [0.4, 0.5) is 0 Å². The number of nitrogens with zero attached hydrogens (tertiary/aromatic N) is 1. The molecule has 0 radical (unpaired) electrons. The molecular formula is C15H28N4O2. The largest absolute Gasteiger partial charge is 0.446 e. The molecule has 0 aliphatic rings. The molecule has 2 unspecified atom stereocenters. The first kappa shape index (κ1) is 17.7. The van der Waals surface area contributed by atoms with Gasteiger partial charge in [0.2, 0.25) is 5.89 Å². The number of amides is 1. The van der Waals surface area contributed by atoms with E-state index in [1.54, 1.807) is 0 Å². The number of rotatable bonds is 10. The van der Waals surface area contributed by atoms with Gasteiger partial charge in [-0.05, 0) is 25.3 Å². The maximum absolute atomic E-state index is 11.9. The van der Waals surface area contributed by atoms with Crippen LogP contribution in [0.3, 0.4) is 0 Å². The Morgan fingerprint density at radius 3 is 2.76 bits per heavy atom. The Kier molecular flexibility index (Phi) is 8.00. The molecule has 0 saturated carbocycles. The standard InChI is InChI=1S/C15H28N4O2/c1-3-11(2)13(17)15-19-12(10-21-15)14(20)18-9-7-5-4-6-8-16/h10-11,13H,3-9,16-17H2,1-2H3,(H,18,20). The molecule has 0 aromatic carbocycles. The van der Waals surface area contributed by atoms with Crippen molar-refractivity contribution in [3.63, 3.8) is 0 Å². The Hall–Kier alpha value is -1.40. The molecule has 2 atom stereocenters. The first-order valence-corrected chi connectivity index (χ1v) is 7.79. The van der Waals surface area contributed by atoms with E-state index in [2.05, 4.69) is 17.2 Å². The van der Waals surface area contributed by atoms with Crippen molar-refractivity contribution in [1.29, 1.82) is 0 Å². The third kappa shape index (κ3) is 5.85. The molecule has 0 aliphatic heterocycles. The number of hydrogen-bond acceptors (Lipinski definition) is 5. The monoisotopic (exact) mass is 296 g/mol. The molecule has 1 heterocycles. The Morgan fingerprint density at radius 1 is 1.38 bits per heavy atom. The van der Waals surface area contributed by atoms with Gasteiger partial charge in [0, 0.05) is 6.54 Å². The Bertz CT molecular complexity index is 420. The van der Waals surface area contributed by atoms with Crippen LogP contribution in [0.25, 0.3) is 0 Å². The Morgan fingerprint density at radius 2 is 2.10 bits per heavy atom. The topological polar surface area (TPSA) is 107 Å². The predicted molar refractivity (Wildman–Crippen MR) is 82.7 cm³/mol. The predicted octanol–water partition coefficient (Wildman–Crippen LogP) is 1.97. The molecule has 0 bridgehead atoms. The summed E-state index contributed by atoms with van der Waals surface area (Å²) >= 11 is 0. The minimum atomic E-state index is -0.271. The fourth-order valence-corrected chi connectivity index (χ4v) is 1.96. The third-order valence-corrected chi connectivity index (χ3v) is 3.71. The second-order valence-electron chi connectivity index (χ2n) is 5.44. The molecule has 6 nitrogen and oxygen atoms in total. The summed E-state index contributed by atoms with van der Waals surface area (Å²) in [6, 6.07) is -0.271. The van der Waals surface area contributed by atoms with Crippen LogP contribution in [-0.4, -0.2) is 24.0 Å². The van der Waals surface area contributed by atoms with Gasteiger partial charge in [0.15, 0.2) is 5.69 Å². The molecule has 0 aliphatic carbocycles. The summed E-state index contributed by atoms with van der Waals surface area (Å²) in [5.41, 5.74) is 11.8. The van der Waals surface area contributed by atoms with E-state index in [9.17, 15) is 4.79 Å². The van der Waals surface area contributed by atoms with Crippen molar-refractivity contribution >= 4 is 5.91 Å². The summed E-state index contributed by atoms with van der Waals surface area (Å²) in [5, 5.41) is 2.84. The molecule has 6 heteroatoms. The molecule has 5 N–H and O–H groups in total. The van der Waals surface area contributed by atoms with Crippen molar-refractivity contribution in [1.82, 2.24) is 10.3 Å². The second kappa shape index (κ2) is 9.52. The maximum Gasteiger partial charge on any atom is 0.273 e. The fraction of sp³-hybridized carbons (Fsp3) is 0.733. The highest BCUT2D eigenvalue weighted by Gasteiger charge is 2.20. The van der Waals surface area contributed by atoms with Gasteiger partial charge in [-0.15, -0.1) is 0 Å². The zero-order chi connectivity index (χ0) is 15.7. The van der Waals surface area contributed by atoms with E-state index in [-0.39, 0.29) is 17.9 Å². The fourth-order valence-electron chi connectivity index (χ4n) is 1.96. The zero-order valence-corrected chi connectivity index (χ0v) is 13.1.